The van der Waals surface area contributed by atoms with E-state index in [9.17, 15) is 9.59 Å². The first-order chi connectivity index (χ1) is 13.3. The number of hydrogen-bond acceptors (Lipinski definition) is 3. The first kappa shape index (κ1) is 15.9. The third-order valence-corrected chi connectivity index (χ3v) is 10.3. The van der Waals surface area contributed by atoms with Crippen molar-refractivity contribution in [1.29, 1.82) is 0 Å². The Morgan fingerprint density at radius 3 is 1.71 bits per heavy atom. The van der Waals surface area contributed by atoms with E-state index in [0.29, 0.717) is 22.2 Å². The Bertz CT molecular complexity index is 903. The van der Waals surface area contributed by atoms with Crippen molar-refractivity contribution in [2.45, 2.75) is 52.4 Å². The highest BCUT2D eigenvalue weighted by molar-refractivity contribution is 5.97. The Balaban J connectivity index is 1.04. The van der Waals surface area contributed by atoms with Crippen LogP contribution in [-0.4, -0.2) is 16.8 Å². The number of pyridine rings is 1. The quantitative estimate of drug-likeness (QED) is 0.838. The summed E-state index contributed by atoms with van der Waals surface area (Å²) in [5.74, 6) is 2.06. The molecule has 1 heterocycles. The van der Waals surface area contributed by atoms with Crippen molar-refractivity contribution in [2.24, 2.45) is 45.3 Å². The van der Waals surface area contributed by atoms with E-state index in [-0.39, 0.29) is 34.5 Å². The minimum absolute atomic E-state index is 0.125. The van der Waals surface area contributed by atoms with Gasteiger partial charge in [0, 0.05) is 11.8 Å². The van der Waals surface area contributed by atoms with Crippen LogP contribution in [0.15, 0.2) is 18.5 Å². The Morgan fingerprint density at radius 2 is 1.36 bits per heavy atom. The van der Waals surface area contributed by atoms with Crippen LogP contribution in [0.4, 0.5) is 11.4 Å². The number of carbonyl (C=O) groups is 2. The van der Waals surface area contributed by atoms with E-state index in [4.69, 9.17) is 0 Å². The molecule has 6 fully saturated rings. The van der Waals surface area contributed by atoms with E-state index in [1.54, 1.807) is 12.4 Å². The van der Waals surface area contributed by atoms with Crippen molar-refractivity contribution in [3.8, 4) is 0 Å². The summed E-state index contributed by atoms with van der Waals surface area (Å²) in [4.78, 5) is 30.0. The molecule has 0 bridgehead atoms. The second-order valence-electron chi connectivity index (χ2n) is 11.3. The molecule has 8 atom stereocenters. The smallest absolute Gasteiger partial charge is 0.228 e. The van der Waals surface area contributed by atoms with Gasteiger partial charge in [-0.1, -0.05) is 13.8 Å². The molecule has 6 aliphatic carbocycles. The third kappa shape index (κ3) is 1.66. The molecule has 7 rings (SSSR count). The molecule has 1 aromatic rings. The molecule has 0 saturated heterocycles. The SMILES string of the molecule is CC12CC13CC3CC2C(=O)Nc1cncc(NC(=O)C2CC3CC34CC24C)c1. The minimum atomic E-state index is 0.125. The monoisotopic (exact) mass is 377 g/mol. The number of aromatic nitrogens is 1. The molecule has 1 aromatic heterocycles. The largest absolute Gasteiger partial charge is 0.324 e. The fraction of sp³-hybridized carbons (Fsp3) is 0.696. The van der Waals surface area contributed by atoms with E-state index in [2.05, 4.69) is 29.5 Å². The van der Waals surface area contributed by atoms with Gasteiger partial charge in [0.05, 0.1) is 23.8 Å². The average molecular weight is 377 g/mol. The summed E-state index contributed by atoms with van der Waals surface area (Å²) in [5, 5.41) is 6.14. The van der Waals surface area contributed by atoms with Crippen molar-refractivity contribution in [2.75, 3.05) is 10.6 Å². The van der Waals surface area contributed by atoms with Gasteiger partial charge in [-0.2, -0.15) is 0 Å². The number of anilines is 2. The standard InChI is InChI=1S/C23H27N3O2/c1-20-10-22(20)6-12(22)3-16(20)18(27)25-14-5-15(9-24-8-14)26-19(28)17-4-13-7-23(13)11-21(17,23)2/h5,8-9,12-13,16-17H,3-4,6-7,10-11H2,1-2H3,(H,25,27)(H,26,28). The van der Waals surface area contributed by atoms with Crippen LogP contribution >= 0.6 is 0 Å². The maximum Gasteiger partial charge on any atom is 0.228 e. The average Bonchev–Trinajstić information content (AvgIpc) is 3.56. The minimum Gasteiger partial charge on any atom is -0.324 e. The van der Waals surface area contributed by atoms with E-state index >= 15 is 0 Å². The van der Waals surface area contributed by atoms with Crippen LogP contribution in [0, 0.1) is 45.3 Å². The molecule has 5 heteroatoms. The molecule has 2 amide bonds. The molecule has 6 aliphatic rings. The Hall–Kier alpha value is -1.91. The first-order valence-corrected chi connectivity index (χ1v) is 10.9. The second kappa shape index (κ2) is 4.31. The van der Waals surface area contributed by atoms with Crippen LogP contribution in [0.1, 0.15) is 52.4 Å². The van der Waals surface area contributed by atoms with Gasteiger partial charge in [0.25, 0.3) is 0 Å². The normalized spacial score (nSPS) is 52.6. The summed E-state index contributed by atoms with van der Waals surface area (Å²) < 4.78 is 0. The van der Waals surface area contributed by atoms with Gasteiger partial charge in [0.1, 0.15) is 0 Å². The molecule has 6 saturated carbocycles. The van der Waals surface area contributed by atoms with E-state index < -0.39 is 0 Å². The predicted molar refractivity (Wildman–Crippen MR) is 104 cm³/mol. The van der Waals surface area contributed by atoms with Gasteiger partial charge < -0.3 is 10.6 Å². The number of amides is 2. The van der Waals surface area contributed by atoms with Gasteiger partial charge in [-0.3, -0.25) is 14.6 Å². The molecule has 2 spiro atoms. The number of hydrogen-bond donors (Lipinski definition) is 2. The molecule has 5 nitrogen and oxygen atoms in total. The zero-order valence-corrected chi connectivity index (χ0v) is 16.5. The predicted octanol–water partition coefficient (Wildman–Crippen LogP) is 3.83. The highest BCUT2D eigenvalue weighted by Crippen LogP contribution is 2.91. The zero-order valence-electron chi connectivity index (χ0n) is 16.5. The summed E-state index contributed by atoms with van der Waals surface area (Å²) in [6.45, 7) is 4.58. The highest BCUT2D eigenvalue weighted by atomic mass is 16.2. The highest BCUT2D eigenvalue weighted by Gasteiger charge is 2.85. The summed E-state index contributed by atoms with van der Waals surface area (Å²) in [6, 6.07) is 1.85. The second-order valence-corrected chi connectivity index (χ2v) is 11.3. The van der Waals surface area contributed by atoms with Crippen LogP contribution in [0.25, 0.3) is 0 Å². The van der Waals surface area contributed by atoms with Crippen molar-refractivity contribution >= 4 is 23.2 Å². The Labute approximate surface area is 165 Å². The van der Waals surface area contributed by atoms with Gasteiger partial charge in [-0.25, -0.2) is 0 Å². The molecule has 0 aromatic carbocycles. The topological polar surface area (TPSA) is 71.1 Å². The van der Waals surface area contributed by atoms with Crippen LogP contribution < -0.4 is 10.6 Å². The lowest BCUT2D eigenvalue weighted by Crippen LogP contribution is -2.29. The zero-order chi connectivity index (χ0) is 19.1. The van der Waals surface area contributed by atoms with Crippen molar-refractivity contribution in [3.63, 3.8) is 0 Å². The van der Waals surface area contributed by atoms with Crippen molar-refractivity contribution in [1.82, 2.24) is 4.98 Å². The summed E-state index contributed by atoms with van der Waals surface area (Å²) in [7, 11) is 0. The first-order valence-electron chi connectivity index (χ1n) is 10.9. The molecular weight excluding hydrogens is 350 g/mol. The lowest BCUT2D eigenvalue weighted by atomic mass is 9.88. The molecule has 0 radical (unpaired) electrons. The summed E-state index contributed by atoms with van der Waals surface area (Å²) in [5.41, 5.74) is 2.85. The fourth-order valence-corrected chi connectivity index (χ4v) is 8.29. The van der Waals surface area contributed by atoms with Crippen molar-refractivity contribution in [3.05, 3.63) is 18.5 Å². The lowest BCUT2D eigenvalue weighted by Gasteiger charge is -2.21. The number of nitrogens with zero attached hydrogens (tertiary/aromatic N) is 1. The summed E-state index contributed by atoms with van der Waals surface area (Å²) in [6.07, 6.45) is 10.5. The fourth-order valence-electron chi connectivity index (χ4n) is 8.29. The molecule has 28 heavy (non-hydrogen) atoms. The van der Waals surface area contributed by atoms with Crippen LogP contribution in [0.5, 0.6) is 0 Å². The third-order valence-electron chi connectivity index (χ3n) is 10.3. The van der Waals surface area contributed by atoms with Crippen molar-refractivity contribution < 1.29 is 9.59 Å². The molecule has 2 N–H and O–H groups in total. The number of rotatable bonds is 4. The van der Waals surface area contributed by atoms with Gasteiger partial charge in [0.15, 0.2) is 0 Å². The molecule has 146 valence electrons. The van der Waals surface area contributed by atoms with E-state index in [1.165, 1.54) is 25.7 Å². The van der Waals surface area contributed by atoms with Crippen LogP contribution in [-0.2, 0) is 9.59 Å². The number of carbonyl (C=O) groups excluding carboxylic acids is 2. The maximum absolute atomic E-state index is 12.9. The molecule has 8 unspecified atom stereocenters. The molecule has 0 aliphatic heterocycles. The summed E-state index contributed by atoms with van der Waals surface area (Å²) >= 11 is 0. The van der Waals surface area contributed by atoms with E-state index in [0.717, 1.165) is 24.7 Å². The molecular formula is C23H27N3O2. The Morgan fingerprint density at radius 1 is 0.893 bits per heavy atom. The van der Waals surface area contributed by atoms with Gasteiger partial charge in [0.2, 0.25) is 11.8 Å². The van der Waals surface area contributed by atoms with Gasteiger partial charge >= 0.3 is 0 Å². The van der Waals surface area contributed by atoms with Gasteiger partial charge in [-0.15, -0.1) is 0 Å². The maximum atomic E-state index is 12.9. The Kier molecular flexibility index (Phi) is 2.46. The van der Waals surface area contributed by atoms with Gasteiger partial charge in [-0.05, 0) is 78.1 Å². The van der Waals surface area contributed by atoms with E-state index in [1.807, 2.05) is 6.07 Å². The van der Waals surface area contributed by atoms with Crippen LogP contribution in [0.2, 0.25) is 0 Å². The lowest BCUT2D eigenvalue weighted by molar-refractivity contribution is -0.122. The van der Waals surface area contributed by atoms with Crippen LogP contribution in [0.3, 0.4) is 0 Å². The number of nitrogens with one attached hydrogen (secondary N) is 2.